The predicted octanol–water partition coefficient (Wildman–Crippen LogP) is 2.21. The Morgan fingerprint density at radius 1 is 1.32 bits per heavy atom. The minimum absolute atomic E-state index is 0.318. The van der Waals surface area contributed by atoms with Crippen LogP contribution in [0.4, 0.5) is 0 Å². The van der Waals surface area contributed by atoms with Crippen LogP contribution >= 0.6 is 15.9 Å². The standard InChI is InChI=1S/C13H13BrN2O3/c1-16(2)13(18)12(17)8-6-15-9-4-7(14)5-10(19-3)11(8)9/h4-6,15H,1-3H3. The molecule has 19 heavy (non-hydrogen) atoms. The van der Waals surface area contributed by atoms with Crippen molar-refractivity contribution < 1.29 is 14.3 Å². The van der Waals surface area contributed by atoms with E-state index in [1.54, 1.807) is 20.2 Å². The number of aromatic amines is 1. The highest BCUT2D eigenvalue weighted by Crippen LogP contribution is 2.32. The number of halogens is 1. The molecule has 100 valence electrons. The molecule has 0 fully saturated rings. The Balaban J connectivity index is 2.63. The molecule has 0 unspecified atom stereocenters. The molecule has 0 aliphatic carbocycles. The first-order valence-corrected chi connectivity index (χ1v) is 6.35. The van der Waals surface area contributed by atoms with Crippen molar-refractivity contribution >= 4 is 38.5 Å². The fourth-order valence-corrected chi connectivity index (χ4v) is 2.29. The number of aromatic nitrogens is 1. The molecule has 1 heterocycles. The van der Waals surface area contributed by atoms with Crippen LogP contribution in [0.5, 0.6) is 5.75 Å². The van der Waals surface area contributed by atoms with Gasteiger partial charge in [-0.1, -0.05) is 15.9 Å². The molecule has 0 saturated carbocycles. The fourth-order valence-electron chi connectivity index (χ4n) is 1.85. The van der Waals surface area contributed by atoms with Crippen LogP contribution in [0, 0.1) is 0 Å². The van der Waals surface area contributed by atoms with Crippen molar-refractivity contribution in [3.05, 3.63) is 28.4 Å². The van der Waals surface area contributed by atoms with Gasteiger partial charge in [0.15, 0.2) is 0 Å². The molecule has 1 amide bonds. The van der Waals surface area contributed by atoms with E-state index in [1.807, 2.05) is 6.07 Å². The average molecular weight is 325 g/mol. The highest BCUT2D eigenvalue weighted by molar-refractivity contribution is 9.10. The number of rotatable bonds is 3. The molecule has 2 aromatic rings. The number of ether oxygens (including phenoxy) is 1. The lowest BCUT2D eigenvalue weighted by Gasteiger charge is -2.09. The second-order valence-corrected chi connectivity index (χ2v) is 5.18. The van der Waals surface area contributed by atoms with E-state index in [0.717, 1.165) is 9.99 Å². The molecule has 6 heteroatoms. The fraction of sp³-hybridized carbons (Fsp3) is 0.231. The van der Waals surface area contributed by atoms with Gasteiger partial charge in [-0.2, -0.15) is 0 Å². The second kappa shape index (κ2) is 5.05. The molecule has 1 aromatic carbocycles. The number of carbonyl (C=O) groups is 2. The zero-order chi connectivity index (χ0) is 14.2. The van der Waals surface area contributed by atoms with Gasteiger partial charge in [-0.25, -0.2) is 0 Å². The molecule has 0 saturated heterocycles. The number of nitrogens with one attached hydrogen (secondary N) is 1. The minimum Gasteiger partial charge on any atom is -0.496 e. The SMILES string of the molecule is COc1cc(Br)cc2[nH]cc(C(=O)C(=O)N(C)C)c12. The number of H-pyrrole nitrogens is 1. The van der Waals surface area contributed by atoms with Crippen LogP contribution in [0.1, 0.15) is 10.4 Å². The van der Waals surface area contributed by atoms with Gasteiger partial charge in [0.1, 0.15) is 5.75 Å². The Morgan fingerprint density at radius 3 is 2.58 bits per heavy atom. The van der Waals surface area contributed by atoms with Gasteiger partial charge < -0.3 is 14.6 Å². The van der Waals surface area contributed by atoms with Crippen molar-refractivity contribution in [2.75, 3.05) is 21.2 Å². The number of hydrogen-bond donors (Lipinski definition) is 1. The van der Waals surface area contributed by atoms with Gasteiger partial charge in [0.05, 0.1) is 23.6 Å². The maximum Gasteiger partial charge on any atom is 0.294 e. The first-order valence-electron chi connectivity index (χ1n) is 5.56. The summed E-state index contributed by atoms with van der Waals surface area (Å²) in [7, 11) is 4.61. The Hall–Kier alpha value is -1.82. The minimum atomic E-state index is -0.564. The lowest BCUT2D eigenvalue weighted by atomic mass is 10.1. The third kappa shape index (κ3) is 2.35. The number of amides is 1. The smallest absolute Gasteiger partial charge is 0.294 e. The number of nitrogens with zero attached hydrogens (tertiary/aromatic N) is 1. The van der Waals surface area contributed by atoms with E-state index >= 15 is 0 Å². The van der Waals surface area contributed by atoms with E-state index in [1.165, 1.54) is 18.2 Å². The number of benzene rings is 1. The molecule has 1 N–H and O–H groups in total. The monoisotopic (exact) mass is 324 g/mol. The van der Waals surface area contributed by atoms with Gasteiger partial charge in [-0.05, 0) is 12.1 Å². The predicted molar refractivity (Wildman–Crippen MR) is 75.6 cm³/mol. The molecule has 2 rings (SSSR count). The number of ketones is 1. The Labute approximate surface area is 118 Å². The van der Waals surface area contributed by atoms with Crippen LogP contribution in [0.25, 0.3) is 10.9 Å². The van der Waals surface area contributed by atoms with E-state index in [9.17, 15) is 9.59 Å². The van der Waals surface area contributed by atoms with Gasteiger partial charge in [-0.15, -0.1) is 0 Å². The number of fused-ring (bicyclic) bond motifs is 1. The first kappa shape index (κ1) is 13.6. The summed E-state index contributed by atoms with van der Waals surface area (Å²) >= 11 is 3.36. The molecule has 0 atom stereocenters. The highest BCUT2D eigenvalue weighted by atomic mass is 79.9. The number of carbonyl (C=O) groups excluding carboxylic acids is 2. The normalized spacial score (nSPS) is 10.5. The lowest BCUT2D eigenvalue weighted by molar-refractivity contribution is -0.124. The van der Waals surface area contributed by atoms with Crippen molar-refractivity contribution in [1.29, 1.82) is 0 Å². The maximum atomic E-state index is 12.1. The Kier molecular flexibility index (Phi) is 3.61. The van der Waals surface area contributed by atoms with Crippen molar-refractivity contribution in [1.82, 2.24) is 9.88 Å². The quantitative estimate of drug-likeness (QED) is 0.695. The van der Waals surface area contributed by atoms with Gasteiger partial charge >= 0.3 is 0 Å². The molecule has 1 aromatic heterocycles. The molecular formula is C13H13BrN2O3. The zero-order valence-electron chi connectivity index (χ0n) is 10.8. The summed E-state index contributed by atoms with van der Waals surface area (Å²) in [6.07, 6.45) is 1.53. The van der Waals surface area contributed by atoms with Crippen molar-refractivity contribution in [3.63, 3.8) is 0 Å². The summed E-state index contributed by atoms with van der Waals surface area (Å²) in [5.74, 6) is -0.580. The molecule has 0 spiro atoms. The van der Waals surface area contributed by atoms with E-state index in [4.69, 9.17) is 4.74 Å². The Bertz CT molecular complexity index is 661. The highest BCUT2D eigenvalue weighted by Gasteiger charge is 2.23. The van der Waals surface area contributed by atoms with Gasteiger partial charge in [-0.3, -0.25) is 9.59 Å². The van der Waals surface area contributed by atoms with Crippen LogP contribution in [0.15, 0.2) is 22.8 Å². The molecule has 0 aliphatic heterocycles. The number of Topliss-reactive ketones (excluding diaryl/α,β-unsaturated/α-hetero) is 1. The molecule has 0 bridgehead atoms. The van der Waals surface area contributed by atoms with Crippen LogP contribution in [0.2, 0.25) is 0 Å². The summed E-state index contributed by atoms with van der Waals surface area (Å²) in [5.41, 5.74) is 1.05. The summed E-state index contributed by atoms with van der Waals surface area (Å²) in [6, 6.07) is 3.59. The summed E-state index contributed by atoms with van der Waals surface area (Å²) in [4.78, 5) is 28.1. The maximum absolute atomic E-state index is 12.1. The Morgan fingerprint density at radius 2 is 2.00 bits per heavy atom. The van der Waals surface area contributed by atoms with E-state index in [-0.39, 0.29) is 0 Å². The third-order valence-electron chi connectivity index (χ3n) is 2.77. The third-order valence-corrected chi connectivity index (χ3v) is 3.23. The van der Waals surface area contributed by atoms with Gasteiger partial charge in [0.25, 0.3) is 11.7 Å². The number of likely N-dealkylation sites (N-methyl/N-ethyl adjacent to an activating group) is 1. The molecule has 0 radical (unpaired) electrons. The van der Waals surface area contributed by atoms with Crippen molar-refractivity contribution in [3.8, 4) is 5.75 Å². The number of hydrogen-bond acceptors (Lipinski definition) is 3. The molecular weight excluding hydrogens is 312 g/mol. The summed E-state index contributed by atoms with van der Waals surface area (Å²) in [5, 5.41) is 0.617. The summed E-state index contributed by atoms with van der Waals surface area (Å²) in [6.45, 7) is 0. The lowest BCUT2D eigenvalue weighted by Crippen LogP contribution is -2.29. The zero-order valence-corrected chi connectivity index (χ0v) is 12.4. The molecule has 0 aliphatic rings. The van der Waals surface area contributed by atoms with Crippen molar-refractivity contribution in [2.45, 2.75) is 0 Å². The second-order valence-electron chi connectivity index (χ2n) is 4.26. The first-order chi connectivity index (χ1) is 8.95. The van der Waals surface area contributed by atoms with E-state index in [0.29, 0.717) is 16.7 Å². The number of methoxy groups -OCH3 is 1. The largest absolute Gasteiger partial charge is 0.496 e. The average Bonchev–Trinajstić information content (AvgIpc) is 2.79. The van der Waals surface area contributed by atoms with Crippen LogP contribution in [-0.2, 0) is 4.79 Å². The van der Waals surface area contributed by atoms with Crippen LogP contribution in [-0.4, -0.2) is 42.8 Å². The molecule has 5 nitrogen and oxygen atoms in total. The van der Waals surface area contributed by atoms with E-state index < -0.39 is 11.7 Å². The van der Waals surface area contributed by atoms with Gasteiger partial charge in [0.2, 0.25) is 0 Å². The van der Waals surface area contributed by atoms with E-state index in [2.05, 4.69) is 20.9 Å². The van der Waals surface area contributed by atoms with Crippen LogP contribution in [0.3, 0.4) is 0 Å². The van der Waals surface area contributed by atoms with Gasteiger partial charge in [0, 0.05) is 24.8 Å². The summed E-state index contributed by atoms with van der Waals surface area (Å²) < 4.78 is 6.10. The van der Waals surface area contributed by atoms with Crippen LogP contribution < -0.4 is 4.74 Å². The van der Waals surface area contributed by atoms with Crippen molar-refractivity contribution in [2.24, 2.45) is 0 Å². The topological polar surface area (TPSA) is 62.4 Å².